The van der Waals surface area contributed by atoms with E-state index in [-0.39, 0.29) is 0 Å². The molecule has 0 aromatic rings. The minimum Gasteiger partial charge on any atom is -0.311 e. The molecule has 1 N–H and O–H groups in total. The average molecular weight is 198 g/mol. The van der Waals surface area contributed by atoms with E-state index in [0.717, 1.165) is 12.1 Å². The topological polar surface area (TPSA) is 15.3 Å². The fourth-order valence-corrected chi connectivity index (χ4v) is 2.16. The van der Waals surface area contributed by atoms with E-state index in [4.69, 9.17) is 0 Å². The lowest BCUT2D eigenvalue weighted by Crippen LogP contribution is -2.31. The molecule has 1 rings (SSSR count). The third-order valence-electron chi connectivity index (χ3n) is 3.22. The SMILES string of the molecule is CCCCN(C)CCC1CCC(C)N1. The molecule has 2 heteroatoms. The monoisotopic (exact) mass is 198 g/mol. The molecule has 0 saturated carbocycles. The van der Waals surface area contributed by atoms with E-state index in [1.54, 1.807) is 0 Å². The minimum atomic E-state index is 0.751. The first-order chi connectivity index (χ1) is 6.72. The number of hydrogen-bond acceptors (Lipinski definition) is 2. The summed E-state index contributed by atoms with van der Waals surface area (Å²) in [5.41, 5.74) is 0. The molecule has 0 aliphatic carbocycles. The Bertz CT molecular complexity index is 147. The molecule has 0 amide bonds. The first-order valence-electron chi connectivity index (χ1n) is 6.17. The predicted molar refractivity (Wildman–Crippen MR) is 62.6 cm³/mol. The van der Waals surface area contributed by atoms with E-state index >= 15 is 0 Å². The van der Waals surface area contributed by atoms with E-state index in [1.807, 2.05) is 0 Å². The van der Waals surface area contributed by atoms with E-state index in [0.29, 0.717) is 0 Å². The van der Waals surface area contributed by atoms with Crippen LogP contribution in [-0.2, 0) is 0 Å². The van der Waals surface area contributed by atoms with Crippen molar-refractivity contribution in [2.24, 2.45) is 0 Å². The van der Waals surface area contributed by atoms with Gasteiger partial charge in [0.25, 0.3) is 0 Å². The summed E-state index contributed by atoms with van der Waals surface area (Å²) in [5, 5.41) is 3.64. The van der Waals surface area contributed by atoms with Crippen molar-refractivity contribution in [2.75, 3.05) is 20.1 Å². The van der Waals surface area contributed by atoms with Crippen molar-refractivity contribution in [3.8, 4) is 0 Å². The molecule has 0 aromatic carbocycles. The molecule has 84 valence electrons. The summed E-state index contributed by atoms with van der Waals surface area (Å²) in [6.45, 7) is 7.07. The average Bonchev–Trinajstić information content (AvgIpc) is 2.58. The van der Waals surface area contributed by atoms with Crippen LogP contribution in [0.5, 0.6) is 0 Å². The smallest absolute Gasteiger partial charge is 0.00822 e. The number of hydrogen-bond donors (Lipinski definition) is 1. The van der Waals surface area contributed by atoms with E-state index < -0.39 is 0 Å². The Kier molecular flexibility index (Phi) is 5.49. The minimum absolute atomic E-state index is 0.751. The van der Waals surface area contributed by atoms with Crippen LogP contribution in [0.25, 0.3) is 0 Å². The number of nitrogens with one attached hydrogen (secondary N) is 1. The molecule has 1 aliphatic rings. The maximum Gasteiger partial charge on any atom is 0.00822 e. The fraction of sp³-hybridized carbons (Fsp3) is 1.00. The number of rotatable bonds is 6. The lowest BCUT2D eigenvalue weighted by Gasteiger charge is -2.19. The third kappa shape index (κ3) is 4.43. The zero-order valence-corrected chi connectivity index (χ0v) is 10.1. The van der Waals surface area contributed by atoms with Crippen LogP contribution < -0.4 is 5.32 Å². The van der Waals surface area contributed by atoms with Gasteiger partial charge in [-0.1, -0.05) is 13.3 Å². The Labute approximate surface area is 89.1 Å². The van der Waals surface area contributed by atoms with Gasteiger partial charge >= 0.3 is 0 Å². The number of unbranched alkanes of at least 4 members (excludes halogenated alkanes) is 1. The Morgan fingerprint density at radius 3 is 2.64 bits per heavy atom. The van der Waals surface area contributed by atoms with Crippen LogP contribution >= 0.6 is 0 Å². The largest absolute Gasteiger partial charge is 0.311 e. The first-order valence-corrected chi connectivity index (χ1v) is 6.17. The molecule has 0 aromatic heterocycles. The van der Waals surface area contributed by atoms with Crippen LogP contribution in [0.3, 0.4) is 0 Å². The van der Waals surface area contributed by atoms with Gasteiger partial charge in [-0.25, -0.2) is 0 Å². The van der Waals surface area contributed by atoms with Crippen LogP contribution in [0.1, 0.15) is 46.0 Å². The second kappa shape index (κ2) is 6.41. The molecule has 0 radical (unpaired) electrons. The highest BCUT2D eigenvalue weighted by atomic mass is 15.1. The second-order valence-corrected chi connectivity index (χ2v) is 4.79. The van der Waals surface area contributed by atoms with Gasteiger partial charge in [0.2, 0.25) is 0 Å². The Morgan fingerprint density at radius 1 is 1.29 bits per heavy atom. The van der Waals surface area contributed by atoms with Gasteiger partial charge in [0, 0.05) is 12.1 Å². The quantitative estimate of drug-likeness (QED) is 0.704. The fourth-order valence-electron chi connectivity index (χ4n) is 2.16. The van der Waals surface area contributed by atoms with Crippen LogP contribution in [0.4, 0.5) is 0 Å². The van der Waals surface area contributed by atoms with Gasteiger partial charge in [0.05, 0.1) is 0 Å². The van der Waals surface area contributed by atoms with Crippen molar-refractivity contribution in [1.82, 2.24) is 10.2 Å². The Morgan fingerprint density at radius 2 is 2.07 bits per heavy atom. The van der Waals surface area contributed by atoms with Crippen LogP contribution in [0, 0.1) is 0 Å². The van der Waals surface area contributed by atoms with E-state index in [2.05, 4.69) is 31.1 Å². The molecule has 1 aliphatic heterocycles. The predicted octanol–water partition coefficient (Wildman–Crippen LogP) is 2.25. The number of nitrogens with zero attached hydrogens (tertiary/aromatic N) is 1. The van der Waals surface area contributed by atoms with Crippen LogP contribution in [-0.4, -0.2) is 37.1 Å². The van der Waals surface area contributed by atoms with Gasteiger partial charge in [-0.15, -0.1) is 0 Å². The lowest BCUT2D eigenvalue weighted by molar-refractivity contribution is 0.306. The van der Waals surface area contributed by atoms with E-state index in [1.165, 1.54) is 45.2 Å². The third-order valence-corrected chi connectivity index (χ3v) is 3.22. The van der Waals surface area contributed by atoms with Crippen molar-refractivity contribution >= 4 is 0 Å². The standard InChI is InChI=1S/C12H26N2/c1-4-5-9-14(3)10-8-12-7-6-11(2)13-12/h11-13H,4-10H2,1-3H3. The van der Waals surface area contributed by atoms with Crippen molar-refractivity contribution in [1.29, 1.82) is 0 Å². The molecule has 0 spiro atoms. The van der Waals surface area contributed by atoms with Gasteiger partial charge in [0.15, 0.2) is 0 Å². The van der Waals surface area contributed by atoms with Crippen molar-refractivity contribution in [2.45, 2.75) is 58.0 Å². The van der Waals surface area contributed by atoms with Crippen LogP contribution in [0.15, 0.2) is 0 Å². The molecule has 1 fully saturated rings. The maximum absolute atomic E-state index is 3.64. The van der Waals surface area contributed by atoms with Crippen LogP contribution in [0.2, 0.25) is 0 Å². The summed E-state index contributed by atoms with van der Waals surface area (Å²) in [6, 6.07) is 1.54. The van der Waals surface area contributed by atoms with Crippen molar-refractivity contribution in [3.05, 3.63) is 0 Å². The zero-order chi connectivity index (χ0) is 10.4. The highest BCUT2D eigenvalue weighted by Crippen LogP contribution is 2.14. The summed E-state index contributed by atoms with van der Waals surface area (Å²) in [4.78, 5) is 2.47. The molecular formula is C12H26N2. The summed E-state index contributed by atoms with van der Waals surface area (Å²) in [6.07, 6.45) is 6.71. The van der Waals surface area contributed by atoms with Gasteiger partial charge in [-0.05, 0) is 52.7 Å². The first kappa shape index (κ1) is 12.0. The van der Waals surface area contributed by atoms with Gasteiger partial charge in [-0.3, -0.25) is 0 Å². The molecule has 1 heterocycles. The second-order valence-electron chi connectivity index (χ2n) is 4.79. The molecule has 2 atom stereocenters. The lowest BCUT2D eigenvalue weighted by atomic mass is 10.1. The summed E-state index contributed by atoms with van der Waals surface area (Å²) < 4.78 is 0. The maximum atomic E-state index is 3.64. The van der Waals surface area contributed by atoms with E-state index in [9.17, 15) is 0 Å². The molecular weight excluding hydrogens is 172 g/mol. The molecule has 2 nitrogen and oxygen atoms in total. The highest BCUT2D eigenvalue weighted by molar-refractivity contribution is 4.80. The summed E-state index contributed by atoms with van der Waals surface area (Å²) in [7, 11) is 2.24. The Hall–Kier alpha value is -0.0800. The zero-order valence-electron chi connectivity index (χ0n) is 10.1. The summed E-state index contributed by atoms with van der Waals surface area (Å²) >= 11 is 0. The molecule has 0 bridgehead atoms. The Balaban J connectivity index is 2.02. The summed E-state index contributed by atoms with van der Waals surface area (Å²) in [5.74, 6) is 0. The molecule has 1 saturated heterocycles. The van der Waals surface area contributed by atoms with Gasteiger partial charge < -0.3 is 10.2 Å². The molecule has 2 unspecified atom stereocenters. The molecule has 14 heavy (non-hydrogen) atoms. The van der Waals surface area contributed by atoms with Gasteiger partial charge in [-0.2, -0.15) is 0 Å². The van der Waals surface area contributed by atoms with Crippen molar-refractivity contribution in [3.63, 3.8) is 0 Å². The normalized spacial score (nSPS) is 27.4. The highest BCUT2D eigenvalue weighted by Gasteiger charge is 2.19. The van der Waals surface area contributed by atoms with Gasteiger partial charge in [0.1, 0.15) is 0 Å². The van der Waals surface area contributed by atoms with Crippen molar-refractivity contribution < 1.29 is 0 Å².